The van der Waals surface area contributed by atoms with Gasteiger partial charge in [0.05, 0.1) is 32.0 Å². The van der Waals surface area contributed by atoms with Gasteiger partial charge in [-0.2, -0.15) is 0 Å². The largest absolute Gasteiger partial charge is 0.394 e. The van der Waals surface area contributed by atoms with Crippen molar-refractivity contribution in [1.82, 2.24) is 0 Å². The molecule has 0 saturated heterocycles. The molecule has 2 rings (SSSR count). The van der Waals surface area contributed by atoms with Gasteiger partial charge in [0, 0.05) is 6.42 Å². The minimum atomic E-state index is -0.203. The normalized spacial score (nSPS) is 13.7. The summed E-state index contributed by atoms with van der Waals surface area (Å²) in [4.78, 5) is 0. The van der Waals surface area contributed by atoms with E-state index in [-0.39, 0.29) is 18.8 Å². The van der Waals surface area contributed by atoms with E-state index in [1.807, 2.05) is 67.6 Å². The fourth-order valence-corrected chi connectivity index (χ4v) is 2.23. The first-order chi connectivity index (χ1) is 10.8. The standard InChI is InChI=1S/C19H24O3/c1-16(21-14-17-8-4-2-5-9-17)12-19(13-20)22-15-18-10-6-3-7-11-18/h2-11,16,19-20H,12-15H2,1H3/t16-,19-/m0/s1. The molecule has 0 aliphatic rings. The molecule has 0 amide bonds. The molecule has 0 bridgehead atoms. The van der Waals surface area contributed by atoms with Crippen LogP contribution in [-0.4, -0.2) is 23.9 Å². The van der Waals surface area contributed by atoms with Crippen LogP contribution in [-0.2, 0) is 22.7 Å². The Morgan fingerprint density at radius 2 is 1.32 bits per heavy atom. The van der Waals surface area contributed by atoms with Gasteiger partial charge in [0.15, 0.2) is 0 Å². The smallest absolute Gasteiger partial charge is 0.0834 e. The molecule has 0 aliphatic heterocycles. The van der Waals surface area contributed by atoms with E-state index in [2.05, 4.69) is 0 Å². The lowest BCUT2D eigenvalue weighted by Gasteiger charge is -2.20. The van der Waals surface area contributed by atoms with Crippen molar-refractivity contribution < 1.29 is 14.6 Å². The Balaban J connectivity index is 1.72. The number of rotatable bonds is 9. The van der Waals surface area contributed by atoms with Crippen molar-refractivity contribution in [2.45, 2.75) is 38.8 Å². The molecular weight excluding hydrogens is 276 g/mol. The average molecular weight is 300 g/mol. The Morgan fingerprint density at radius 3 is 1.82 bits per heavy atom. The summed E-state index contributed by atoms with van der Waals surface area (Å²) in [6.07, 6.45) is 0.509. The summed E-state index contributed by atoms with van der Waals surface area (Å²) in [6, 6.07) is 20.1. The van der Waals surface area contributed by atoms with Gasteiger partial charge in [0.2, 0.25) is 0 Å². The van der Waals surface area contributed by atoms with Gasteiger partial charge in [-0.25, -0.2) is 0 Å². The van der Waals surface area contributed by atoms with Crippen LogP contribution in [0, 0.1) is 0 Å². The molecule has 2 atom stereocenters. The van der Waals surface area contributed by atoms with Crippen LogP contribution < -0.4 is 0 Å². The predicted octanol–water partition coefficient (Wildman–Crippen LogP) is 3.56. The second kappa shape index (κ2) is 9.36. The molecule has 1 N–H and O–H groups in total. The fraction of sp³-hybridized carbons (Fsp3) is 0.368. The van der Waals surface area contributed by atoms with Crippen LogP contribution >= 0.6 is 0 Å². The van der Waals surface area contributed by atoms with Crippen LogP contribution in [0.1, 0.15) is 24.5 Å². The van der Waals surface area contributed by atoms with Crippen LogP contribution in [0.25, 0.3) is 0 Å². The molecular formula is C19H24O3. The monoisotopic (exact) mass is 300 g/mol. The van der Waals surface area contributed by atoms with Crippen molar-refractivity contribution in [2.24, 2.45) is 0 Å². The molecule has 0 unspecified atom stereocenters. The zero-order valence-corrected chi connectivity index (χ0v) is 13.0. The van der Waals surface area contributed by atoms with E-state index in [1.54, 1.807) is 0 Å². The maximum atomic E-state index is 9.46. The summed E-state index contributed by atoms with van der Waals surface area (Å²) in [7, 11) is 0. The summed E-state index contributed by atoms with van der Waals surface area (Å²) < 4.78 is 11.6. The van der Waals surface area contributed by atoms with E-state index in [1.165, 1.54) is 0 Å². The van der Waals surface area contributed by atoms with Gasteiger partial charge < -0.3 is 14.6 Å². The molecule has 2 aromatic carbocycles. The van der Waals surface area contributed by atoms with Crippen LogP contribution in [0.15, 0.2) is 60.7 Å². The first kappa shape index (κ1) is 16.7. The maximum absolute atomic E-state index is 9.46. The van der Waals surface area contributed by atoms with Gasteiger partial charge in [0.1, 0.15) is 0 Å². The zero-order chi connectivity index (χ0) is 15.6. The lowest BCUT2D eigenvalue weighted by atomic mass is 10.1. The number of hydrogen-bond acceptors (Lipinski definition) is 3. The van der Waals surface area contributed by atoms with Crippen LogP contribution in [0.4, 0.5) is 0 Å². The highest BCUT2D eigenvalue weighted by molar-refractivity contribution is 5.14. The lowest BCUT2D eigenvalue weighted by Crippen LogP contribution is -2.24. The second-order valence-corrected chi connectivity index (χ2v) is 5.44. The topological polar surface area (TPSA) is 38.7 Å². The summed E-state index contributed by atoms with van der Waals surface area (Å²) in [5, 5.41) is 9.46. The minimum absolute atomic E-state index is 0.00582. The summed E-state index contributed by atoms with van der Waals surface area (Å²) in [5.74, 6) is 0. The molecule has 0 spiro atoms. The number of aliphatic hydroxyl groups excluding tert-OH is 1. The molecule has 3 heteroatoms. The third-order valence-corrected chi connectivity index (χ3v) is 3.50. The van der Waals surface area contributed by atoms with E-state index < -0.39 is 0 Å². The van der Waals surface area contributed by atoms with Gasteiger partial charge in [-0.3, -0.25) is 0 Å². The van der Waals surface area contributed by atoms with Crippen molar-refractivity contribution in [1.29, 1.82) is 0 Å². The SMILES string of the molecule is C[C@@H](C[C@@H](CO)OCc1ccccc1)OCc1ccccc1. The summed E-state index contributed by atoms with van der Waals surface area (Å²) in [5.41, 5.74) is 2.26. The van der Waals surface area contributed by atoms with E-state index in [9.17, 15) is 5.11 Å². The Hall–Kier alpha value is -1.68. The maximum Gasteiger partial charge on any atom is 0.0834 e. The molecule has 0 aromatic heterocycles. The van der Waals surface area contributed by atoms with Crippen molar-refractivity contribution in [3.05, 3.63) is 71.8 Å². The van der Waals surface area contributed by atoms with Gasteiger partial charge >= 0.3 is 0 Å². The molecule has 2 aromatic rings. The second-order valence-electron chi connectivity index (χ2n) is 5.44. The molecule has 3 nitrogen and oxygen atoms in total. The molecule has 22 heavy (non-hydrogen) atoms. The lowest BCUT2D eigenvalue weighted by molar-refractivity contribution is -0.0435. The average Bonchev–Trinajstić information content (AvgIpc) is 2.58. The molecule has 118 valence electrons. The molecule has 0 saturated carbocycles. The van der Waals surface area contributed by atoms with Crippen molar-refractivity contribution >= 4 is 0 Å². The highest BCUT2D eigenvalue weighted by Gasteiger charge is 2.13. The van der Waals surface area contributed by atoms with E-state index in [0.717, 1.165) is 11.1 Å². The first-order valence-corrected chi connectivity index (χ1v) is 7.70. The number of hydrogen-bond donors (Lipinski definition) is 1. The summed E-state index contributed by atoms with van der Waals surface area (Å²) >= 11 is 0. The van der Waals surface area contributed by atoms with Gasteiger partial charge in [0.25, 0.3) is 0 Å². The Bertz CT molecular complexity index is 513. The van der Waals surface area contributed by atoms with Gasteiger partial charge in [-0.1, -0.05) is 60.7 Å². The highest BCUT2D eigenvalue weighted by Crippen LogP contribution is 2.11. The first-order valence-electron chi connectivity index (χ1n) is 7.70. The van der Waals surface area contributed by atoms with E-state index in [4.69, 9.17) is 9.47 Å². The quantitative estimate of drug-likeness (QED) is 0.769. The van der Waals surface area contributed by atoms with E-state index in [0.29, 0.717) is 19.6 Å². The Labute approximate surface area is 132 Å². The molecule has 0 heterocycles. The summed E-state index contributed by atoms with van der Waals surface area (Å²) in [6.45, 7) is 3.11. The Morgan fingerprint density at radius 1 is 0.818 bits per heavy atom. The molecule has 0 fully saturated rings. The van der Waals surface area contributed by atoms with Crippen molar-refractivity contribution in [2.75, 3.05) is 6.61 Å². The number of benzene rings is 2. The van der Waals surface area contributed by atoms with Crippen molar-refractivity contribution in [3.8, 4) is 0 Å². The van der Waals surface area contributed by atoms with Gasteiger partial charge in [-0.15, -0.1) is 0 Å². The predicted molar refractivity (Wildman–Crippen MR) is 87.4 cm³/mol. The molecule has 0 radical (unpaired) electrons. The van der Waals surface area contributed by atoms with Crippen molar-refractivity contribution in [3.63, 3.8) is 0 Å². The van der Waals surface area contributed by atoms with Crippen LogP contribution in [0.3, 0.4) is 0 Å². The zero-order valence-electron chi connectivity index (χ0n) is 13.0. The minimum Gasteiger partial charge on any atom is -0.394 e. The Kier molecular flexibility index (Phi) is 7.10. The van der Waals surface area contributed by atoms with Crippen LogP contribution in [0.5, 0.6) is 0 Å². The van der Waals surface area contributed by atoms with E-state index >= 15 is 0 Å². The molecule has 0 aliphatic carbocycles. The van der Waals surface area contributed by atoms with Gasteiger partial charge in [-0.05, 0) is 18.1 Å². The third-order valence-electron chi connectivity index (χ3n) is 3.50. The number of aliphatic hydroxyl groups is 1. The highest BCUT2D eigenvalue weighted by atomic mass is 16.5. The van der Waals surface area contributed by atoms with Crippen LogP contribution in [0.2, 0.25) is 0 Å². The third kappa shape index (κ3) is 5.98. The number of ether oxygens (including phenoxy) is 2. The fourth-order valence-electron chi connectivity index (χ4n) is 2.23.